The fourth-order valence-electron chi connectivity index (χ4n) is 8.50. The molecule has 0 saturated carbocycles. The third-order valence-corrected chi connectivity index (χ3v) is 11.2. The lowest BCUT2D eigenvalue weighted by Gasteiger charge is -2.29. The van der Waals surface area contributed by atoms with Crippen molar-refractivity contribution in [1.82, 2.24) is 0 Å². The van der Waals surface area contributed by atoms with E-state index in [-0.39, 0.29) is 10.8 Å². The summed E-state index contributed by atoms with van der Waals surface area (Å²) in [7, 11) is 0. The highest BCUT2D eigenvalue weighted by atomic mass is 16.3. The van der Waals surface area contributed by atoms with Gasteiger partial charge in [0.05, 0.1) is 22.1 Å². The molecule has 2 heterocycles. The largest absolute Gasteiger partial charge is 0.456 e. The molecule has 0 aliphatic heterocycles. The number of nitrogens with zero attached hydrogens (tertiary/aromatic N) is 1. The van der Waals surface area contributed by atoms with Gasteiger partial charge in [-0.1, -0.05) is 126 Å². The fraction of sp³-hybridized carbons (Fsp3) is 0.143. The SMILES string of the molecule is CC(C)(C)c1ccc2c(c1)oc1cccc(N(c3ccc4c(c3)C(C)(C)c3ccc(-c5ccccc5)cc3-4)c3cccc4oc5ccccc5c34)c12. The number of anilines is 3. The number of fused-ring (bicyclic) bond motifs is 9. The highest BCUT2D eigenvalue weighted by Gasteiger charge is 2.36. The van der Waals surface area contributed by atoms with Gasteiger partial charge in [0.15, 0.2) is 0 Å². The molecular weight excluding hydrogens is 635 g/mol. The van der Waals surface area contributed by atoms with Gasteiger partial charge in [0.1, 0.15) is 22.3 Å². The Labute approximate surface area is 303 Å². The van der Waals surface area contributed by atoms with E-state index in [0.29, 0.717) is 0 Å². The number of benzene rings is 7. The number of rotatable bonds is 4. The Morgan fingerprint density at radius 3 is 1.87 bits per heavy atom. The van der Waals surface area contributed by atoms with E-state index in [0.717, 1.165) is 60.9 Å². The third kappa shape index (κ3) is 4.52. The summed E-state index contributed by atoms with van der Waals surface area (Å²) in [5.41, 5.74) is 15.6. The molecule has 7 aromatic carbocycles. The molecule has 1 aliphatic rings. The molecule has 9 aromatic rings. The van der Waals surface area contributed by atoms with Gasteiger partial charge in [-0.25, -0.2) is 0 Å². The normalized spacial score (nSPS) is 13.6. The van der Waals surface area contributed by atoms with Crippen LogP contribution < -0.4 is 4.90 Å². The molecule has 0 bridgehead atoms. The van der Waals surface area contributed by atoms with Gasteiger partial charge in [0, 0.05) is 21.9 Å². The summed E-state index contributed by atoms with van der Waals surface area (Å²) in [6.07, 6.45) is 0. The monoisotopic (exact) mass is 673 g/mol. The van der Waals surface area contributed by atoms with Crippen molar-refractivity contribution >= 4 is 60.9 Å². The van der Waals surface area contributed by atoms with Crippen LogP contribution in [0.3, 0.4) is 0 Å². The van der Waals surface area contributed by atoms with E-state index < -0.39 is 0 Å². The zero-order chi connectivity index (χ0) is 35.4. The van der Waals surface area contributed by atoms with Crippen LogP contribution in [0.15, 0.2) is 154 Å². The van der Waals surface area contributed by atoms with Crippen molar-refractivity contribution < 1.29 is 8.83 Å². The Morgan fingerprint density at radius 2 is 1.13 bits per heavy atom. The van der Waals surface area contributed by atoms with E-state index >= 15 is 0 Å². The van der Waals surface area contributed by atoms with Gasteiger partial charge in [-0.3, -0.25) is 0 Å². The van der Waals surface area contributed by atoms with Crippen molar-refractivity contribution in [2.45, 2.75) is 45.4 Å². The lowest BCUT2D eigenvalue weighted by atomic mass is 9.82. The summed E-state index contributed by atoms with van der Waals surface area (Å²) in [5, 5.41) is 4.39. The van der Waals surface area contributed by atoms with E-state index in [1.807, 2.05) is 6.07 Å². The second-order valence-electron chi connectivity index (χ2n) is 15.8. The topological polar surface area (TPSA) is 29.5 Å². The van der Waals surface area contributed by atoms with Crippen molar-refractivity contribution in [2.24, 2.45) is 0 Å². The third-order valence-electron chi connectivity index (χ3n) is 11.2. The maximum absolute atomic E-state index is 6.65. The summed E-state index contributed by atoms with van der Waals surface area (Å²) < 4.78 is 13.1. The molecule has 3 heteroatoms. The number of hydrogen-bond acceptors (Lipinski definition) is 3. The maximum Gasteiger partial charge on any atom is 0.137 e. The average Bonchev–Trinajstić information content (AvgIpc) is 3.80. The summed E-state index contributed by atoms with van der Waals surface area (Å²) in [5.74, 6) is 0. The van der Waals surface area contributed by atoms with Crippen molar-refractivity contribution in [3.63, 3.8) is 0 Å². The van der Waals surface area contributed by atoms with Crippen LogP contribution in [-0.4, -0.2) is 0 Å². The van der Waals surface area contributed by atoms with Crippen LogP contribution >= 0.6 is 0 Å². The van der Waals surface area contributed by atoms with E-state index in [1.165, 1.54) is 38.9 Å². The molecule has 252 valence electrons. The first-order chi connectivity index (χ1) is 25.2. The van der Waals surface area contributed by atoms with Crippen LogP contribution in [0.25, 0.3) is 66.1 Å². The first-order valence-corrected chi connectivity index (χ1v) is 18.2. The summed E-state index contributed by atoms with van der Waals surface area (Å²) in [6.45, 7) is 11.5. The standard InChI is InChI=1S/C49H39NO2/c1-48(2,3)32-22-24-36-45(28-32)52-44-20-12-17-41(47(36)44)50(40-16-11-19-43-46(40)35-15-9-10-18-42(35)51-43)33-23-25-34-37-27-31(30-13-7-6-8-14-30)21-26-38(37)49(4,5)39(34)29-33/h6-29H,1-5H3. The molecule has 10 rings (SSSR count). The molecule has 0 amide bonds. The van der Waals surface area contributed by atoms with E-state index in [2.05, 4.69) is 179 Å². The van der Waals surface area contributed by atoms with E-state index in [1.54, 1.807) is 0 Å². The molecule has 3 nitrogen and oxygen atoms in total. The molecule has 1 aliphatic carbocycles. The van der Waals surface area contributed by atoms with Crippen LogP contribution in [0.5, 0.6) is 0 Å². The van der Waals surface area contributed by atoms with Crippen molar-refractivity contribution in [3.05, 3.63) is 162 Å². The zero-order valence-corrected chi connectivity index (χ0v) is 30.1. The Kier molecular flexibility index (Phi) is 6.48. The minimum absolute atomic E-state index is 0.0106. The van der Waals surface area contributed by atoms with Crippen LogP contribution in [0, 0.1) is 0 Å². The summed E-state index contributed by atoms with van der Waals surface area (Å²) in [4.78, 5) is 2.42. The quantitative estimate of drug-likeness (QED) is 0.186. The summed E-state index contributed by atoms with van der Waals surface area (Å²) in [6, 6.07) is 52.6. The van der Waals surface area contributed by atoms with E-state index in [4.69, 9.17) is 8.83 Å². The van der Waals surface area contributed by atoms with Gasteiger partial charge in [-0.15, -0.1) is 0 Å². The average molecular weight is 674 g/mol. The maximum atomic E-state index is 6.65. The van der Waals surface area contributed by atoms with Gasteiger partial charge >= 0.3 is 0 Å². The van der Waals surface area contributed by atoms with Crippen LogP contribution in [0.2, 0.25) is 0 Å². The van der Waals surface area contributed by atoms with E-state index in [9.17, 15) is 0 Å². The predicted octanol–water partition coefficient (Wildman–Crippen LogP) is 14.2. The van der Waals surface area contributed by atoms with Gasteiger partial charge in [0.2, 0.25) is 0 Å². The van der Waals surface area contributed by atoms with Crippen LogP contribution in [0.1, 0.15) is 51.3 Å². The molecule has 52 heavy (non-hydrogen) atoms. The minimum Gasteiger partial charge on any atom is -0.456 e. The molecule has 0 atom stereocenters. The van der Waals surface area contributed by atoms with Gasteiger partial charge in [-0.05, 0) is 99.0 Å². The zero-order valence-electron chi connectivity index (χ0n) is 30.1. The highest BCUT2D eigenvalue weighted by molar-refractivity contribution is 6.18. The first kappa shape index (κ1) is 30.7. The molecule has 0 radical (unpaired) electrons. The Bertz CT molecular complexity index is 2860. The van der Waals surface area contributed by atoms with Crippen LogP contribution in [-0.2, 0) is 10.8 Å². The van der Waals surface area contributed by atoms with Crippen molar-refractivity contribution in [1.29, 1.82) is 0 Å². The van der Waals surface area contributed by atoms with Crippen LogP contribution in [0.4, 0.5) is 17.1 Å². The highest BCUT2D eigenvalue weighted by Crippen LogP contribution is 2.53. The molecule has 0 saturated heterocycles. The first-order valence-electron chi connectivity index (χ1n) is 18.2. The van der Waals surface area contributed by atoms with Gasteiger partial charge in [0.25, 0.3) is 0 Å². The minimum atomic E-state index is -0.187. The van der Waals surface area contributed by atoms with Gasteiger partial charge < -0.3 is 13.7 Å². The Morgan fingerprint density at radius 1 is 0.481 bits per heavy atom. The lowest BCUT2D eigenvalue weighted by Crippen LogP contribution is -2.16. The number of para-hydroxylation sites is 1. The van der Waals surface area contributed by atoms with Crippen molar-refractivity contribution in [3.8, 4) is 22.3 Å². The number of furan rings is 2. The van der Waals surface area contributed by atoms with Gasteiger partial charge in [-0.2, -0.15) is 0 Å². The molecule has 0 unspecified atom stereocenters. The Balaban J connectivity index is 1.24. The lowest BCUT2D eigenvalue weighted by molar-refractivity contribution is 0.587. The molecule has 0 N–H and O–H groups in total. The smallest absolute Gasteiger partial charge is 0.137 e. The van der Waals surface area contributed by atoms with Crippen molar-refractivity contribution in [2.75, 3.05) is 4.90 Å². The molecule has 0 spiro atoms. The summed E-state index contributed by atoms with van der Waals surface area (Å²) >= 11 is 0. The molecular formula is C49H39NO2. The second kappa shape index (κ2) is 11.0. The predicted molar refractivity (Wildman–Crippen MR) is 217 cm³/mol. The Hall–Kier alpha value is -6.06. The second-order valence-corrected chi connectivity index (χ2v) is 15.8. The molecule has 0 fully saturated rings. The number of hydrogen-bond donors (Lipinski definition) is 0. The molecule has 2 aromatic heterocycles. The fourth-order valence-corrected chi connectivity index (χ4v) is 8.50.